The molecule has 0 bridgehead atoms. The molecule has 1 heterocycles. The second-order valence-electron chi connectivity index (χ2n) is 7.14. The van der Waals surface area contributed by atoms with Crippen LogP contribution in [0.2, 0.25) is 0 Å². The van der Waals surface area contributed by atoms with Crippen LogP contribution >= 0.6 is 23.1 Å². The number of sulfonamides is 1. The van der Waals surface area contributed by atoms with Crippen molar-refractivity contribution in [3.05, 3.63) is 65.2 Å². The summed E-state index contributed by atoms with van der Waals surface area (Å²) in [7, 11) is -3.68. The highest BCUT2D eigenvalue weighted by molar-refractivity contribution is 8.00. The number of anilines is 2. The molecule has 0 aliphatic heterocycles. The fourth-order valence-electron chi connectivity index (χ4n) is 2.92. The number of carbonyl (C=O) groups is 1. The Hall–Kier alpha value is -2.43. The fraction of sp³-hybridized carbons (Fsp3) is 0.286. The van der Waals surface area contributed by atoms with Gasteiger partial charge in [0.05, 0.1) is 11.9 Å². The van der Waals surface area contributed by atoms with Gasteiger partial charge < -0.3 is 0 Å². The van der Waals surface area contributed by atoms with Crippen LogP contribution in [-0.2, 0) is 20.6 Å². The Morgan fingerprint density at radius 3 is 2.48 bits per heavy atom. The molecule has 0 spiro atoms. The number of hydrogen-bond acceptors (Lipinski definition) is 7. The van der Waals surface area contributed by atoms with Gasteiger partial charge in [0, 0.05) is 5.75 Å². The van der Waals surface area contributed by atoms with E-state index in [9.17, 15) is 13.2 Å². The van der Waals surface area contributed by atoms with E-state index < -0.39 is 22.0 Å². The summed E-state index contributed by atoms with van der Waals surface area (Å²) in [5.41, 5.74) is 3.61. The van der Waals surface area contributed by atoms with Crippen LogP contribution in [0.4, 0.5) is 10.8 Å². The number of rotatable bonds is 8. The molecule has 0 saturated carbocycles. The maximum Gasteiger partial charge on any atom is 0.249 e. The first-order chi connectivity index (χ1) is 14.6. The van der Waals surface area contributed by atoms with Crippen molar-refractivity contribution in [3.63, 3.8) is 0 Å². The minimum absolute atomic E-state index is 0.334. The molecule has 2 aromatic carbocycles. The Morgan fingerprint density at radius 2 is 1.84 bits per heavy atom. The van der Waals surface area contributed by atoms with Crippen LogP contribution in [0.1, 0.15) is 23.6 Å². The lowest BCUT2D eigenvalue weighted by atomic mass is 10.1. The quantitative estimate of drug-likeness (QED) is 0.386. The van der Waals surface area contributed by atoms with Crippen molar-refractivity contribution >= 4 is 49.8 Å². The highest BCUT2D eigenvalue weighted by Gasteiger charge is 2.30. The number of aryl methyl sites for hydroxylation is 2. The normalized spacial score (nSPS) is 12.4. The summed E-state index contributed by atoms with van der Waals surface area (Å²) < 4.78 is 26.8. The molecule has 0 aliphatic rings. The topological polar surface area (TPSA) is 92.3 Å². The molecule has 31 heavy (non-hydrogen) atoms. The average Bonchev–Trinajstić information content (AvgIpc) is 3.16. The van der Waals surface area contributed by atoms with Crippen molar-refractivity contribution in [3.8, 4) is 0 Å². The van der Waals surface area contributed by atoms with Crippen LogP contribution in [0.3, 0.4) is 0 Å². The van der Waals surface area contributed by atoms with E-state index in [0.717, 1.165) is 31.8 Å². The van der Waals surface area contributed by atoms with Crippen LogP contribution in [0.5, 0.6) is 0 Å². The number of carbonyl (C=O) groups excluding carboxylic acids is 1. The molecule has 10 heteroatoms. The first kappa shape index (κ1) is 23.2. The molecular formula is C21H24N4O3S3. The van der Waals surface area contributed by atoms with Gasteiger partial charge in [0.1, 0.15) is 6.04 Å². The smallest absolute Gasteiger partial charge is 0.249 e. The minimum atomic E-state index is -3.68. The van der Waals surface area contributed by atoms with Gasteiger partial charge in [-0.25, -0.2) is 8.42 Å². The minimum Gasteiger partial charge on any atom is -0.299 e. The monoisotopic (exact) mass is 476 g/mol. The highest BCUT2D eigenvalue weighted by Crippen LogP contribution is 2.29. The van der Waals surface area contributed by atoms with Gasteiger partial charge in [-0.3, -0.25) is 14.4 Å². The second kappa shape index (κ2) is 9.80. The van der Waals surface area contributed by atoms with Gasteiger partial charge in [0.2, 0.25) is 21.1 Å². The molecule has 3 rings (SSSR count). The number of hydrogen-bond donors (Lipinski definition) is 1. The molecule has 1 aromatic heterocycles. The lowest BCUT2D eigenvalue weighted by Gasteiger charge is -2.28. The van der Waals surface area contributed by atoms with E-state index in [2.05, 4.69) is 15.5 Å². The molecular weight excluding hydrogens is 452 g/mol. The van der Waals surface area contributed by atoms with Crippen molar-refractivity contribution in [2.45, 2.75) is 36.9 Å². The zero-order chi connectivity index (χ0) is 22.6. The molecule has 1 amide bonds. The van der Waals surface area contributed by atoms with Crippen molar-refractivity contribution in [1.82, 2.24) is 10.2 Å². The Kier molecular flexibility index (Phi) is 7.34. The van der Waals surface area contributed by atoms with Crippen molar-refractivity contribution in [2.24, 2.45) is 0 Å². The third kappa shape index (κ3) is 6.05. The largest absolute Gasteiger partial charge is 0.299 e. The molecule has 1 N–H and O–H groups in total. The molecule has 1 unspecified atom stereocenters. The third-order valence-electron chi connectivity index (χ3n) is 4.68. The summed E-state index contributed by atoms with van der Waals surface area (Å²) in [4.78, 5) is 12.8. The lowest BCUT2D eigenvalue weighted by Crippen LogP contribution is -2.45. The zero-order valence-electron chi connectivity index (χ0n) is 17.7. The van der Waals surface area contributed by atoms with Crippen LogP contribution in [0, 0.1) is 13.8 Å². The lowest BCUT2D eigenvalue weighted by molar-refractivity contribution is -0.116. The maximum absolute atomic E-state index is 12.8. The summed E-state index contributed by atoms with van der Waals surface area (Å²) in [5.74, 6) is 0.272. The zero-order valence-corrected chi connectivity index (χ0v) is 20.1. The summed E-state index contributed by atoms with van der Waals surface area (Å²) in [6, 6.07) is 14.3. The molecule has 1 atom stereocenters. The molecule has 7 nitrogen and oxygen atoms in total. The van der Waals surface area contributed by atoms with E-state index in [1.54, 1.807) is 19.1 Å². The van der Waals surface area contributed by atoms with Gasteiger partial charge >= 0.3 is 0 Å². The predicted molar refractivity (Wildman–Crippen MR) is 127 cm³/mol. The van der Waals surface area contributed by atoms with E-state index >= 15 is 0 Å². The maximum atomic E-state index is 12.8. The molecule has 164 valence electrons. The van der Waals surface area contributed by atoms with E-state index in [-0.39, 0.29) is 0 Å². The number of benzene rings is 2. The summed E-state index contributed by atoms with van der Waals surface area (Å²) >= 11 is 2.79. The molecule has 0 fully saturated rings. The number of nitrogens with zero attached hydrogens (tertiary/aromatic N) is 3. The molecule has 0 aliphatic carbocycles. The van der Waals surface area contributed by atoms with Crippen molar-refractivity contribution < 1.29 is 13.2 Å². The standard InChI is InChI=1S/C21H24N4O3S3/c1-14-10-11-18(12-15(14)2)25(31(4,27)28)16(3)19(26)22-20-23-24-21(30-20)29-13-17-8-6-5-7-9-17/h5-12,16H,13H2,1-4H3,(H,22,23,26). The molecule has 0 radical (unpaired) electrons. The van der Waals surface area contributed by atoms with Gasteiger partial charge in [0.25, 0.3) is 0 Å². The Morgan fingerprint density at radius 1 is 1.13 bits per heavy atom. The summed E-state index contributed by atoms with van der Waals surface area (Å²) in [6.07, 6.45) is 1.09. The Bertz CT molecular complexity index is 1160. The summed E-state index contributed by atoms with van der Waals surface area (Å²) in [5, 5.41) is 11.1. The van der Waals surface area contributed by atoms with Gasteiger partial charge in [-0.05, 0) is 49.6 Å². The SMILES string of the molecule is Cc1ccc(N(C(C)C(=O)Nc2nnc(SCc3ccccc3)s2)S(C)(=O)=O)cc1C. The molecule has 0 saturated heterocycles. The van der Waals surface area contributed by atoms with Gasteiger partial charge in [-0.15, -0.1) is 10.2 Å². The first-order valence-corrected chi connectivity index (χ1v) is 13.2. The van der Waals surface area contributed by atoms with Crippen LogP contribution < -0.4 is 9.62 Å². The van der Waals surface area contributed by atoms with E-state index in [4.69, 9.17) is 0 Å². The number of amides is 1. The van der Waals surface area contributed by atoms with Crippen LogP contribution in [-0.4, -0.2) is 36.8 Å². The third-order valence-corrected chi connectivity index (χ3v) is 7.96. The number of nitrogens with one attached hydrogen (secondary N) is 1. The van der Waals surface area contributed by atoms with Gasteiger partial charge in [-0.1, -0.05) is 59.5 Å². The number of thioether (sulfide) groups is 1. The Balaban J connectivity index is 1.71. The summed E-state index contributed by atoms with van der Waals surface area (Å²) in [6.45, 7) is 5.40. The van der Waals surface area contributed by atoms with Crippen LogP contribution in [0.25, 0.3) is 0 Å². The van der Waals surface area contributed by atoms with E-state index in [1.165, 1.54) is 28.7 Å². The molecule has 3 aromatic rings. The second-order valence-corrected chi connectivity index (χ2v) is 11.2. The van der Waals surface area contributed by atoms with Crippen LogP contribution in [0.15, 0.2) is 52.9 Å². The average molecular weight is 477 g/mol. The highest BCUT2D eigenvalue weighted by atomic mass is 32.2. The first-order valence-electron chi connectivity index (χ1n) is 9.53. The van der Waals surface area contributed by atoms with Gasteiger partial charge in [0.15, 0.2) is 4.34 Å². The van der Waals surface area contributed by atoms with Crippen molar-refractivity contribution in [1.29, 1.82) is 0 Å². The predicted octanol–water partition coefficient (Wildman–Crippen LogP) is 4.24. The van der Waals surface area contributed by atoms with E-state index in [1.807, 2.05) is 50.2 Å². The van der Waals surface area contributed by atoms with Crippen molar-refractivity contribution in [2.75, 3.05) is 15.9 Å². The Labute approximate surface area is 191 Å². The van der Waals surface area contributed by atoms with E-state index in [0.29, 0.717) is 10.8 Å². The fourth-order valence-corrected chi connectivity index (χ4v) is 5.80. The van der Waals surface area contributed by atoms with Gasteiger partial charge in [-0.2, -0.15) is 0 Å². The number of aromatic nitrogens is 2.